The Morgan fingerprint density at radius 3 is 2.50 bits per heavy atom. The quantitative estimate of drug-likeness (QED) is 0.566. The van der Waals surface area contributed by atoms with Crippen molar-refractivity contribution in [1.82, 2.24) is 10.1 Å². The Morgan fingerprint density at radius 2 is 1.92 bits per heavy atom. The van der Waals surface area contributed by atoms with Crippen molar-refractivity contribution in [2.75, 3.05) is 25.6 Å². The third kappa shape index (κ3) is 4.99. The Kier molecular flexibility index (Phi) is 6.89. The van der Waals surface area contributed by atoms with Crippen LogP contribution >= 0.6 is 0 Å². The lowest BCUT2D eigenvalue weighted by Crippen LogP contribution is -2.54. The number of morpholine rings is 1. The summed E-state index contributed by atoms with van der Waals surface area (Å²) >= 11 is 0. The van der Waals surface area contributed by atoms with E-state index < -0.39 is 49.0 Å². The van der Waals surface area contributed by atoms with Crippen molar-refractivity contribution < 1.29 is 32.4 Å². The van der Waals surface area contributed by atoms with E-state index in [1.54, 1.807) is 12.2 Å². The summed E-state index contributed by atoms with van der Waals surface area (Å²) < 4.78 is 45.6. The first-order valence-electron chi connectivity index (χ1n) is 11.4. The van der Waals surface area contributed by atoms with E-state index in [1.165, 1.54) is 18.1 Å². The highest BCUT2D eigenvalue weighted by atomic mass is 28.3. The van der Waals surface area contributed by atoms with Crippen molar-refractivity contribution in [3.63, 3.8) is 0 Å². The molecule has 192 valence electrons. The molecule has 12 heteroatoms. The Balaban J connectivity index is 1.62. The van der Waals surface area contributed by atoms with Gasteiger partial charge in [0.15, 0.2) is 11.5 Å². The van der Waals surface area contributed by atoms with Crippen molar-refractivity contribution in [3.8, 4) is 0 Å². The summed E-state index contributed by atoms with van der Waals surface area (Å²) in [6, 6.07) is 2.51. The molecule has 0 bridgehead atoms. The molecule has 1 aliphatic carbocycles. The van der Waals surface area contributed by atoms with Gasteiger partial charge >= 0.3 is 0 Å². The van der Waals surface area contributed by atoms with Crippen LogP contribution in [0.2, 0.25) is 19.6 Å². The number of nitrogens with one attached hydrogen (secondary N) is 2. The molecular formula is C24H27F2N3O6Si. The monoisotopic (exact) mass is 519 g/mol. The number of benzene rings is 1. The van der Waals surface area contributed by atoms with E-state index in [0.717, 1.165) is 12.1 Å². The number of nitrogens with zero attached hydrogens (tertiary/aromatic N) is 1. The van der Waals surface area contributed by atoms with Gasteiger partial charge in [0.1, 0.15) is 30.0 Å². The smallest absolute Gasteiger partial charge is 0.280 e. The third-order valence-corrected chi connectivity index (χ3v) is 8.01. The van der Waals surface area contributed by atoms with Gasteiger partial charge in [-0.25, -0.2) is 8.78 Å². The van der Waals surface area contributed by atoms with Gasteiger partial charge in [0.2, 0.25) is 11.8 Å². The summed E-state index contributed by atoms with van der Waals surface area (Å²) in [5.74, 6) is -2.55. The van der Waals surface area contributed by atoms with Crippen molar-refractivity contribution in [2.45, 2.75) is 32.1 Å². The van der Waals surface area contributed by atoms with Crippen LogP contribution in [0.15, 0.2) is 51.2 Å². The summed E-state index contributed by atoms with van der Waals surface area (Å²) in [5.41, 5.74) is -0.503. The number of amides is 2. The third-order valence-electron chi connectivity index (χ3n) is 6.04. The van der Waals surface area contributed by atoms with Gasteiger partial charge < -0.3 is 24.2 Å². The number of anilines is 1. The Bertz CT molecular complexity index is 1290. The highest BCUT2D eigenvalue weighted by Gasteiger charge is 2.44. The highest BCUT2D eigenvalue weighted by molar-refractivity contribution is 6.88. The van der Waals surface area contributed by atoms with E-state index in [2.05, 4.69) is 10.5 Å². The summed E-state index contributed by atoms with van der Waals surface area (Å²) in [6.07, 6.45) is 2.90. The summed E-state index contributed by atoms with van der Waals surface area (Å²) in [7, 11) is -0.850. The molecule has 2 atom stereocenters. The molecule has 36 heavy (non-hydrogen) atoms. The lowest BCUT2D eigenvalue weighted by Gasteiger charge is -2.42. The molecule has 2 aliphatic rings. The second-order valence-corrected chi connectivity index (χ2v) is 14.6. The van der Waals surface area contributed by atoms with Gasteiger partial charge in [0.25, 0.3) is 5.56 Å². The van der Waals surface area contributed by atoms with E-state index in [1.807, 2.05) is 19.6 Å². The van der Waals surface area contributed by atoms with Crippen LogP contribution < -0.4 is 16.1 Å². The van der Waals surface area contributed by atoms with Crippen LogP contribution in [0.3, 0.4) is 0 Å². The molecule has 1 aromatic carbocycles. The second kappa shape index (κ2) is 9.76. The predicted molar refractivity (Wildman–Crippen MR) is 129 cm³/mol. The van der Waals surface area contributed by atoms with E-state index in [4.69, 9.17) is 14.0 Å². The van der Waals surface area contributed by atoms with Crippen LogP contribution in [-0.2, 0) is 25.5 Å². The maximum atomic E-state index is 14.7. The fraction of sp³-hybridized carbons (Fsp3) is 0.375. The summed E-state index contributed by atoms with van der Waals surface area (Å²) in [6.45, 7) is 5.82. The number of aromatic nitrogens is 1. The number of hydrogen-bond acceptors (Lipinski definition) is 6. The van der Waals surface area contributed by atoms with Gasteiger partial charge in [-0.05, 0) is 18.2 Å². The molecule has 1 fully saturated rings. The second-order valence-electron chi connectivity index (χ2n) is 9.61. The lowest BCUT2D eigenvalue weighted by molar-refractivity contribution is -0.139. The molecule has 0 radical (unpaired) electrons. The van der Waals surface area contributed by atoms with Crippen LogP contribution in [0.1, 0.15) is 5.76 Å². The topological polar surface area (TPSA) is 114 Å². The fourth-order valence-corrected chi connectivity index (χ4v) is 6.07. The molecule has 9 nitrogen and oxygen atoms in total. The van der Waals surface area contributed by atoms with E-state index in [0.29, 0.717) is 11.5 Å². The standard InChI is InChI=1S/C24H27F2N3O6Si/c1-33-18-6-5-15(24(32)27-13-9-16(25)23(17(26)10-13)36(2,3)4)21-22(18)34-8-7-29(21)20(31)12-14-11-19(30)28-35-14/h5-6,9-11,15,21H,7-8,12H2,1-4H3,(H,27,32)(H,28,30)/t15-,21?/m1/s1. The number of H-pyrrole nitrogens is 1. The van der Waals surface area contributed by atoms with Gasteiger partial charge in [-0.2, -0.15) is 5.16 Å². The SMILES string of the molecule is COC1=C2OCCN(C(=O)Cc3cc(=O)[nH]o3)C2[C@H](C(=O)Nc2cc(F)c([Si](C)(C)C)c(F)c2)C=C1. The zero-order valence-corrected chi connectivity index (χ0v) is 21.3. The minimum absolute atomic E-state index is 0.0304. The van der Waals surface area contributed by atoms with Gasteiger partial charge in [-0.1, -0.05) is 25.7 Å². The number of rotatable bonds is 6. The molecule has 1 aromatic heterocycles. The molecule has 0 saturated carbocycles. The molecule has 1 saturated heterocycles. The van der Waals surface area contributed by atoms with Crippen LogP contribution in [0.25, 0.3) is 0 Å². The average Bonchev–Trinajstić information content (AvgIpc) is 3.20. The van der Waals surface area contributed by atoms with Crippen molar-refractivity contribution in [2.24, 2.45) is 5.92 Å². The highest BCUT2D eigenvalue weighted by Crippen LogP contribution is 2.34. The minimum atomic E-state index is -2.29. The van der Waals surface area contributed by atoms with Crippen LogP contribution in [0.4, 0.5) is 14.5 Å². The van der Waals surface area contributed by atoms with Crippen LogP contribution in [0, 0.1) is 17.6 Å². The number of aromatic amines is 1. The van der Waals surface area contributed by atoms with Crippen molar-refractivity contribution >= 4 is 30.8 Å². The number of methoxy groups -OCH3 is 1. The first-order valence-corrected chi connectivity index (χ1v) is 14.9. The molecule has 4 rings (SSSR count). The lowest BCUT2D eigenvalue weighted by atomic mass is 9.89. The zero-order chi connectivity index (χ0) is 26.2. The normalized spacial score (nSPS) is 19.6. The minimum Gasteiger partial charge on any atom is -0.493 e. The predicted octanol–water partition coefficient (Wildman–Crippen LogP) is 2.24. The first-order chi connectivity index (χ1) is 17.0. The number of ether oxygens (including phenoxy) is 2. The number of halogens is 2. The van der Waals surface area contributed by atoms with E-state index in [9.17, 15) is 23.2 Å². The largest absolute Gasteiger partial charge is 0.493 e. The Hall–Kier alpha value is -3.67. The number of carbonyl (C=O) groups excluding carboxylic acids is 2. The van der Waals surface area contributed by atoms with Gasteiger partial charge in [0.05, 0.1) is 34.1 Å². The molecular weight excluding hydrogens is 492 g/mol. The van der Waals surface area contributed by atoms with Crippen LogP contribution in [-0.4, -0.2) is 56.2 Å². The van der Waals surface area contributed by atoms with Crippen molar-refractivity contribution in [3.05, 3.63) is 69.6 Å². The molecule has 0 spiro atoms. The van der Waals surface area contributed by atoms with Gasteiger partial charge in [0, 0.05) is 16.9 Å². The first kappa shape index (κ1) is 25.4. The molecule has 2 heterocycles. The molecule has 2 N–H and O–H groups in total. The van der Waals surface area contributed by atoms with E-state index in [-0.39, 0.29) is 36.2 Å². The number of hydrogen-bond donors (Lipinski definition) is 2. The number of carbonyl (C=O) groups is 2. The maximum Gasteiger partial charge on any atom is 0.280 e. The van der Waals surface area contributed by atoms with Crippen LogP contribution in [0.5, 0.6) is 0 Å². The molecule has 1 unspecified atom stereocenters. The van der Waals surface area contributed by atoms with Gasteiger partial charge in [-0.3, -0.25) is 14.4 Å². The summed E-state index contributed by atoms with van der Waals surface area (Å²) in [4.78, 5) is 39.3. The zero-order valence-electron chi connectivity index (χ0n) is 20.3. The van der Waals surface area contributed by atoms with E-state index >= 15 is 0 Å². The summed E-state index contributed by atoms with van der Waals surface area (Å²) in [5, 5.41) is 4.77. The molecule has 2 aromatic rings. The average molecular weight is 520 g/mol. The Morgan fingerprint density at radius 1 is 1.22 bits per heavy atom. The molecule has 1 aliphatic heterocycles. The fourth-order valence-electron chi connectivity index (χ4n) is 4.50. The maximum absolute atomic E-state index is 14.7. The number of allylic oxidation sites excluding steroid dienone is 1. The molecule has 2 amide bonds. The van der Waals surface area contributed by atoms with Crippen molar-refractivity contribution in [1.29, 1.82) is 0 Å². The Labute approximate surface area is 206 Å². The number of fused-ring (bicyclic) bond motifs is 1. The van der Waals surface area contributed by atoms with Gasteiger partial charge in [-0.15, -0.1) is 0 Å².